The lowest BCUT2D eigenvalue weighted by Gasteiger charge is -2.14. The highest BCUT2D eigenvalue weighted by molar-refractivity contribution is 5.95. The van der Waals surface area contributed by atoms with Gasteiger partial charge in [0.05, 0.1) is 5.56 Å². The fraction of sp³-hybridized carbons (Fsp3) is 0.316. The van der Waals surface area contributed by atoms with Crippen LogP contribution in [0.4, 0.5) is 4.39 Å². The number of halogens is 1. The van der Waals surface area contributed by atoms with Crippen molar-refractivity contribution < 1.29 is 14.3 Å². The number of carbonyl (C=O) groups excluding carboxylic acids is 1. The maximum absolute atomic E-state index is 14.3. The molecule has 0 spiro atoms. The van der Waals surface area contributed by atoms with Crippen LogP contribution >= 0.6 is 0 Å². The zero-order chi connectivity index (χ0) is 16.8. The minimum atomic E-state index is -0.532. The second-order valence-corrected chi connectivity index (χ2v) is 5.80. The molecule has 1 unspecified atom stereocenters. The molecule has 0 aromatic heterocycles. The van der Waals surface area contributed by atoms with Crippen molar-refractivity contribution >= 4 is 5.91 Å². The third-order valence-corrected chi connectivity index (χ3v) is 3.77. The summed E-state index contributed by atoms with van der Waals surface area (Å²) in [6.45, 7) is 3.92. The molecule has 4 heteroatoms. The molecule has 23 heavy (non-hydrogen) atoms. The zero-order valence-electron chi connectivity index (χ0n) is 13.5. The predicted octanol–water partition coefficient (Wildman–Crippen LogP) is 3.69. The SMILES string of the molecule is Cc1ccc(-c2ccc(C(=O)NC(C)CCCO)c(F)c2)cc1. The highest BCUT2D eigenvalue weighted by Crippen LogP contribution is 2.22. The van der Waals surface area contributed by atoms with E-state index in [1.54, 1.807) is 6.07 Å². The Morgan fingerprint density at radius 2 is 1.83 bits per heavy atom. The minimum Gasteiger partial charge on any atom is -0.396 e. The van der Waals surface area contributed by atoms with Crippen molar-refractivity contribution in [3.8, 4) is 11.1 Å². The summed E-state index contributed by atoms with van der Waals surface area (Å²) in [7, 11) is 0. The number of hydrogen-bond donors (Lipinski definition) is 2. The zero-order valence-corrected chi connectivity index (χ0v) is 13.5. The first kappa shape index (κ1) is 17.2. The van der Waals surface area contributed by atoms with Crippen LogP contribution in [-0.4, -0.2) is 23.7 Å². The number of aliphatic hydroxyl groups is 1. The van der Waals surface area contributed by atoms with Gasteiger partial charge in [0.25, 0.3) is 5.91 Å². The van der Waals surface area contributed by atoms with Crippen LogP contribution in [0, 0.1) is 12.7 Å². The maximum atomic E-state index is 14.3. The first-order chi connectivity index (χ1) is 11.0. The summed E-state index contributed by atoms with van der Waals surface area (Å²) < 4.78 is 14.3. The second kappa shape index (κ2) is 7.88. The van der Waals surface area contributed by atoms with Crippen molar-refractivity contribution in [2.45, 2.75) is 32.7 Å². The van der Waals surface area contributed by atoms with Crippen LogP contribution in [-0.2, 0) is 0 Å². The fourth-order valence-electron chi connectivity index (χ4n) is 2.40. The fourth-order valence-corrected chi connectivity index (χ4v) is 2.40. The van der Waals surface area contributed by atoms with Gasteiger partial charge in [0, 0.05) is 12.6 Å². The molecule has 2 aromatic rings. The average Bonchev–Trinajstić information content (AvgIpc) is 2.53. The summed E-state index contributed by atoms with van der Waals surface area (Å²) in [5, 5.41) is 11.5. The summed E-state index contributed by atoms with van der Waals surface area (Å²) in [5.41, 5.74) is 2.84. The van der Waals surface area contributed by atoms with E-state index in [1.165, 1.54) is 12.1 Å². The van der Waals surface area contributed by atoms with Crippen molar-refractivity contribution in [2.75, 3.05) is 6.61 Å². The van der Waals surface area contributed by atoms with E-state index in [2.05, 4.69) is 5.32 Å². The van der Waals surface area contributed by atoms with Crippen molar-refractivity contribution in [1.82, 2.24) is 5.32 Å². The maximum Gasteiger partial charge on any atom is 0.254 e. The Balaban J connectivity index is 2.12. The number of amides is 1. The monoisotopic (exact) mass is 315 g/mol. The van der Waals surface area contributed by atoms with Crippen LogP contribution in [0.3, 0.4) is 0 Å². The van der Waals surface area contributed by atoms with Crippen LogP contribution in [0.5, 0.6) is 0 Å². The summed E-state index contributed by atoms with van der Waals surface area (Å²) in [5.74, 6) is -0.960. The van der Waals surface area contributed by atoms with Crippen LogP contribution in [0.15, 0.2) is 42.5 Å². The van der Waals surface area contributed by atoms with Gasteiger partial charge < -0.3 is 10.4 Å². The van der Waals surface area contributed by atoms with Gasteiger partial charge in [0.1, 0.15) is 5.82 Å². The number of rotatable bonds is 6. The van der Waals surface area contributed by atoms with Crippen molar-refractivity contribution in [2.24, 2.45) is 0 Å². The van der Waals surface area contributed by atoms with Crippen LogP contribution < -0.4 is 5.32 Å². The molecular formula is C19H22FNO2. The van der Waals surface area contributed by atoms with Gasteiger partial charge in [-0.25, -0.2) is 4.39 Å². The Morgan fingerprint density at radius 3 is 2.43 bits per heavy atom. The molecule has 2 rings (SSSR count). The predicted molar refractivity (Wildman–Crippen MR) is 89.8 cm³/mol. The molecule has 0 radical (unpaired) electrons. The normalized spacial score (nSPS) is 12.0. The average molecular weight is 315 g/mol. The van der Waals surface area contributed by atoms with E-state index in [0.29, 0.717) is 12.8 Å². The summed E-state index contributed by atoms with van der Waals surface area (Å²) in [4.78, 5) is 12.1. The summed E-state index contributed by atoms with van der Waals surface area (Å²) >= 11 is 0. The van der Waals surface area contributed by atoms with Crippen molar-refractivity contribution in [3.63, 3.8) is 0 Å². The molecule has 2 N–H and O–H groups in total. The number of hydrogen-bond acceptors (Lipinski definition) is 2. The Labute approximate surface area is 136 Å². The molecule has 122 valence electrons. The minimum absolute atomic E-state index is 0.0386. The van der Waals surface area contributed by atoms with E-state index in [1.807, 2.05) is 38.1 Å². The topological polar surface area (TPSA) is 49.3 Å². The van der Waals surface area contributed by atoms with E-state index in [4.69, 9.17) is 5.11 Å². The van der Waals surface area contributed by atoms with Crippen molar-refractivity contribution in [1.29, 1.82) is 0 Å². The van der Waals surface area contributed by atoms with Gasteiger partial charge in [0.15, 0.2) is 0 Å². The molecule has 1 amide bonds. The molecule has 3 nitrogen and oxygen atoms in total. The number of nitrogens with one attached hydrogen (secondary N) is 1. The third-order valence-electron chi connectivity index (χ3n) is 3.77. The van der Waals surface area contributed by atoms with Gasteiger partial charge in [-0.1, -0.05) is 35.9 Å². The lowest BCUT2D eigenvalue weighted by atomic mass is 10.0. The Kier molecular flexibility index (Phi) is 5.88. The van der Waals surface area contributed by atoms with Gasteiger partial charge in [-0.15, -0.1) is 0 Å². The molecule has 1 atom stereocenters. The quantitative estimate of drug-likeness (QED) is 0.854. The number of aryl methyl sites for hydroxylation is 1. The second-order valence-electron chi connectivity index (χ2n) is 5.80. The van der Waals surface area contributed by atoms with Crippen LogP contribution in [0.25, 0.3) is 11.1 Å². The largest absolute Gasteiger partial charge is 0.396 e. The third kappa shape index (κ3) is 4.63. The molecule has 0 fully saturated rings. The molecule has 0 aliphatic carbocycles. The Morgan fingerprint density at radius 1 is 1.17 bits per heavy atom. The number of aliphatic hydroxyl groups excluding tert-OH is 1. The van der Waals surface area contributed by atoms with Gasteiger partial charge >= 0.3 is 0 Å². The summed E-state index contributed by atoms with van der Waals surface area (Å²) in [6, 6.07) is 12.3. The lowest BCUT2D eigenvalue weighted by molar-refractivity contribution is 0.0932. The first-order valence-electron chi connectivity index (χ1n) is 7.79. The van der Waals surface area contributed by atoms with Gasteiger partial charge in [-0.3, -0.25) is 4.79 Å². The molecule has 0 saturated heterocycles. The molecule has 2 aromatic carbocycles. The summed E-state index contributed by atoms with van der Waals surface area (Å²) in [6.07, 6.45) is 1.27. The molecule has 0 bridgehead atoms. The van der Waals surface area contributed by atoms with Crippen molar-refractivity contribution in [3.05, 3.63) is 59.4 Å². The van der Waals surface area contributed by atoms with Gasteiger partial charge in [-0.2, -0.15) is 0 Å². The molecule has 0 aliphatic rings. The number of carbonyl (C=O) groups is 1. The molecule has 0 heterocycles. The Hall–Kier alpha value is -2.20. The standard InChI is InChI=1S/C19H22FNO2/c1-13-5-7-15(8-6-13)16-9-10-17(18(20)12-16)19(23)21-14(2)4-3-11-22/h5-10,12,14,22H,3-4,11H2,1-2H3,(H,21,23). The van der Waals surface area contributed by atoms with E-state index < -0.39 is 11.7 Å². The molecular weight excluding hydrogens is 293 g/mol. The van der Waals surface area contributed by atoms with E-state index in [0.717, 1.165) is 16.7 Å². The molecule has 0 saturated carbocycles. The highest BCUT2D eigenvalue weighted by Gasteiger charge is 2.14. The van der Waals surface area contributed by atoms with Crippen LogP contribution in [0.2, 0.25) is 0 Å². The highest BCUT2D eigenvalue weighted by atomic mass is 19.1. The number of benzene rings is 2. The van der Waals surface area contributed by atoms with E-state index >= 15 is 0 Å². The Bertz CT molecular complexity index is 668. The van der Waals surface area contributed by atoms with E-state index in [-0.39, 0.29) is 18.2 Å². The molecule has 0 aliphatic heterocycles. The van der Waals surface area contributed by atoms with Gasteiger partial charge in [-0.05, 0) is 49.9 Å². The van der Waals surface area contributed by atoms with Crippen LogP contribution in [0.1, 0.15) is 35.7 Å². The van der Waals surface area contributed by atoms with E-state index in [9.17, 15) is 9.18 Å². The first-order valence-corrected chi connectivity index (χ1v) is 7.79. The smallest absolute Gasteiger partial charge is 0.254 e. The lowest BCUT2D eigenvalue weighted by Crippen LogP contribution is -2.33. The van der Waals surface area contributed by atoms with Gasteiger partial charge in [0.2, 0.25) is 0 Å².